The number of nitrogens with zero attached hydrogens (tertiary/aromatic N) is 2. The van der Waals surface area contributed by atoms with Crippen molar-refractivity contribution in [2.45, 2.75) is 13.0 Å². The first kappa shape index (κ1) is 20.5. The van der Waals surface area contributed by atoms with E-state index >= 15 is 0 Å². The molecule has 6 nitrogen and oxygen atoms in total. The summed E-state index contributed by atoms with van der Waals surface area (Å²) in [6.45, 7) is 2.02. The van der Waals surface area contributed by atoms with Gasteiger partial charge in [-0.3, -0.25) is 10.1 Å². The normalized spacial score (nSPS) is 15.5. The van der Waals surface area contributed by atoms with Crippen LogP contribution in [0.4, 0.5) is 0 Å². The molecule has 2 aromatic heterocycles. The van der Waals surface area contributed by atoms with Crippen LogP contribution >= 0.6 is 24.8 Å². The van der Waals surface area contributed by atoms with Gasteiger partial charge in [-0.05, 0) is 30.7 Å². The summed E-state index contributed by atoms with van der Waals surface area (Å²) in [5.74, 6) is 0.242. The van der Waals surface area contributed by atoms with E-state index < -0.39 is 0 Å². The van der Waals surface area contributed by atoms with Crippen molar-refractivity contribution in [3.05, 3.63) is 71.7 Å². The predicted octanol–water partition coefficient (Wildman–Crippen LogP) is 3.58. The van der Waals surface area contributed by atoms with E-state index in [0.717, 1.165) is 22.2 Å². The number of nitrogens with one attached hydrogen (secondary N) is 3. The summed E-state index contributed by atoms with van der Waals surface area (Å²) in [5, 5.41) is 6.96. The van der Waals surface area contributed by atoms with Crippen molar-refractivity contribution in [3.63, 3.8) is 0 Å². The van der Waals surface area contributed by atoms with Crippen molar-refractivity contribution in [3.8, 4) is 0 Å². The number of aliphatic imine (C=N–C) groups is 1. The molecule has 4 rings (SSSR count). The molecule has 1 aliphatic heterocycles. The lowest BCUT2D eigenvalue weighted by molar-refractivity contribution is -0.115. The second-order valence-corrected chi connectivity index (χ2v) is 5.86. The van der Waals surface area contributed by atoms with Crippen LogP contribution in [0.2, 0.25) is 0 Å². The first-order valence-corrected chi connectivity index (χ1v) is 8.06. The van der Waals surface area contributed by atoms with Crippen LogP contribution in [0.25, 0.3) is 17.1 Å². The summed E-state index contributed by atoms with van der Waals surface area (Å²) in [5.41, 5.74) is 3.16. The molecule has 0 fully saturated rings. The second-order valence-electron chi connectivity index (χ2n) is 5.86. The molecule has 1 aliphatic rings. The summed E-state index contributed by atoms with van der Waals surface area (Å²) in [6.07, 6.45) is 5.31. The largest absolute Gasteiger partial charge is 0.349 e. The monoisotopic (exact) mass is 403 g/mol. The van der Waals surface area contributed by atoms with E-state index in [2.05, 4.69) is 25.6 Å². The molecule has 1 aromatic carbocycles. The highest BCUT2D eigenvalue weighted by atomic mass is 35.5. The van der Waals surface area contributed by atoms with E-state index in [1.54, 1.807) is 12.3 Å². The minimum atomic E-state index is -0.221. The van der Waals surface area contributed by atoms with Crippen LogP contribution in [0, 0.1) is 0 Å². The Morgan fingerprint density at radius 3 is 2.67 bits per heavy atom. The Morgan fingerprint density at radius 1 is 1.11 bits per heavy atom. The van der Waals surface area contributed by atoms with Crippen LogP contribution in [0.3, 0.4) is 0 Å². The van der Waals surface area contributed by atoms with Crippen LogP contribution in [0.5, 0.6) is 0 Å². The van der Waals surface area contributed by atoms with Crippen molar-refractivity contribution in [1.29, 1.82) is 0 Å². The SMILES string of the molecule is CC(NC1=NC(=Cc2c[nH]c3ncccc23)C(=O)N1)c1ccccc1.Cl.Cl. The molecule has 0 bridgehead atoms. The fourth-order valence-electron chi connectivity index (χ4n) is 2.81. The molecule has 140 valence electrons. The molecule has 1 amide bonds. The van der Waals surface area contributed by atoms with Gasteiger partial charge in [0.05, 0.1) is 6.04 Å². The number of benzene rings is 1. The van der Waals surface area contributed by atoms with Gasteiger partial charge >= 0.3 is 0 Å². The Hall–Kier alpha value is -2.83. The number of rotatable bonds is 3. The van der Waals surface area contributed by atoms with Gasteiger partial charge in [0.2, 0.25) is 5.96 Å². The van der Waals surface area contributed by atoms with Crippen LogP contribution in [0.1, 0.15) is 24.1 Å². The van der Waals surface area contributed by atoms with E-state index in [1.165, 1.54) is 0 Å². The topological polar surface area (TPSA) is 82.2 Å². The second kappa shape index (κ2) is 8.70. The predicted molar refractivity (Wildman–Crippen MR) is 112 cm³/mol. The van der Waals surface area contributed by atoms with Gasteiger partial charge in [-0.25, -0.2) is 9.98 Å². The van der Waals surface area contributed by atoms with Gasteiger partial charge in [-0.1, -0.05) is 30.3 Å². The minimum absolute atomic E-state index is 0. The summed E-state index contributed by atoms with van der Waals surface area (Å²) in [4.78, 5) is 23.9. The Labute approximate surface area is 169 Å². The quantitative estimate of drug-likeness (QED) is 0.584. The van der Waals surface area contributed by atoms with Crippen molar-refractivity contribution in [2.24, 2.45) is 4.99 Å². The summed E-state index contributed by atoms with van der Waals surface area (Å²) >= 11 is 0. The number of hydrogen-bond acceptors (Lipinski definition) is 4. The average Bonchev–Trinajstić information content (AvgIpc) is 3.20. The highest BCUT2D eigenvalue weighted by Gasteiger charge is 2.21. The van der Waals surface area contributed by atoms with Gasteiger partial charge in [0, 0.05) is 23.3 Å². The molecule has 27 heavy (non-hydrogen) atoms. The van der Waals surface area contributed by atoms with Crippen LogP contribution < -0.4 is 10.6 Å². The van der Waals surface area contributed by atoms with Crippen LogP contribution in [-0.2, 0) is 4.79 Å². The molecule has 1 unspecified atom stereocenters. The summed E-state index contributed by atoms with van der Waals surface area (Å²) in [7, 11) is 0. The molecule has 0 radical (unpaired) electrons. The lowest BCUT2D eigenvalue weighted by atomic mass is 10.1. The third-order valence-electron chi connectivity index (χ3n) is 4.12. The van der Waals surface area contributed by atoms with Crippen molar-refractivity contribution in [2.75, 3.05) is 0 Å². The van der Waals surface area contributed by atoms with Crippen molar-refractivity contribution in [1.82, 2.24) is 20.6 Å². The number of pyridine rings is 1. The third kappa shape index (κ3) is 4.30. The molecule has 3 heterocycles. The Bertz CT molecular complexity index is 998. The molecule has 0 spiro atoms. The molecule has 0 saturated heterocycles. The van der Waals surface area contributed by atoms with Gasteiger partial charge in [-0.15, -0.1) is 24.8 Å². The zero-order valence-electron chi connectivity index (χ0n) is 14.5. The maximum Gasteiger partial charge on any atom is 0.276 e. The van der Waals surface area contributed by atoms with Crippen molar-refractivity contribution < 1.29 is 4.79 Å². The lowest BCUT2D eigenvalue weighted by Crippen LogP contribution is -2.37. The Morgan fingerprint density at radius 2 is 1.89 bits per heavy atom. The Kier molecular flexibility index (Phi) is 6.60. The lowest BCUT2D eigenvalue weighted by Gasteiger charge is -2.14. The Balaban J connectivity index is 0.00000131. The minimum Gasteiger partial charge on any atom is -0.349 e. The molecule has 0 saturated carbocycles. The molecule has 1 atom stereocenters. The number of fused-ring (bicyclic) bond motifs is 1. The number of carbonyl (C=O) groups is 1. The first-order chi connectivity index (χ1) is 12.2. The van der Waals surface area contributed by atoms with E-state index in [9.17, 15) is 4.79 Å². The fraction of sp³-hybridized carbons (Fsp3) is 0.105. The number of halogens is 2. The standard InChI is InChI=1S/C19H17N5O.2ClH/c1-12(13-6-3-2-4-7-13)22-19-23-16(18(25)24-19)10-14-11-21-17-15(14)8-5-9-20-17;;/h2-12H,1H3,(H,20,21)(H2,22,23,24,25);2*1H. The van der Waals surface area contributed by atoms with Crippen molar-refractivity contribution >= 4 is 53.8 Å². The zero-order valence-corrected chi connectivity index (χ0v) is 16.1. The number of carbonyl (C=O) groups excluding carboxylic acids is 1. The van der Waals surface area contributed by atoms with E-state index in [0.29, 0.717) is 11.7 Å². The first-order valence-electron chi connectivity index (χ1n) is 8.06. The van der Waals surface area contributed by atoms with Gasteiger partial charge in [0.25, 0.3) is 5.91 Å². The number of H-pyrrole nitrogens is 1. The fourth-order valence-corrected chi connectivity index (χ4v) is 2.81. The van der Waals surface area contributed by atoms with Crippen LogP contribution in [0.15, 0.2) is 65.5 Å². The maximum absolute atomic E-state index is 12.2. The highest BCUT2D eigenvalue weighted by Crippen LogP contribution is 2.20. The highest BCUT2D eigenvalue weighted by molar-refractivity contribution is 6.14. The molecular weight excluding hydrogens is 385 g/mol. The van der Waals surface area contributed by atoms with Gasteiger partial charge in [0.15, 0.2) is 0 Å². The summed E-state index contributed by atoms with van der Waals surface area (Å²) in [6, 6.07) is 13.9. The van der Waals surface area contributed by atoms with Gasteiger partial charge in [0.1, 0.15) is 11.3 Å². The van der Waals surface area contributed by atoms with E-state index in [-0.39, 0.29) is 36.8 Å². The van der Waals surface area contributed by atoms with Gasteiger partial charge < -0.3 is 10.3 Å². The zero-order chi connectivity index (χ0) is 17.2. The number of aromatic nitrogens is 2. The molecule has 8 heteroatoms. The van der Waals surface area contributed by atoms with Crippen LogP contribution in [-0.4, -0.2) is 21.8 Å². The molecular formula is C19H19Cl2N5O. The third-order valence-corrected chi connectivity index (χ3v) is 4.12. The number of amides is 1. The van der Waals surface area contributed by atoms with E-state index in [4.69, 9.17) is 0 Å². The van der Waals surface area contributed by atoms with E-state index in [1.807, 2.05) is 55.6 Å². The summed E-state index contributed by atoms with van der Waals surface area (Å²) < 4.78 is 0. The molecule has 3 N–H and O–H groups in total. The number of guanidine groups is 1. The van der Waals surface area contributed by atoms with Gasteiger partial charge in [-0.2, -0.15) is 0 Å². The number of hydrogen-bond donors (Lipinski definition) is 3. The molecule has 0 aliphatic carbocycles. The smallest absolute Gasteiger partial charge is 0.276 e. The average molecular weight is 404 g/mol. The maximum atomic E-state index is 12.2. The number of aromatic amines is 1. The molecule has 3 aromatic rings.